The van der Waals surface area contributed by atoms with Crippen molar-refractivity contribution in [1.29, 1.82) is 0 Å². The molecular formula is C22H25BrN4O4. The molecule has 1 aliphatic rings. The molecule has 0 spiro atoms. The molecule has 0 aliphatic carbocycles. The molecule has 1 heterocycles. The van der Waals surface area contributed by atoms with Gasteiger partial charge < -0.3 is 19.3 Å². The number of rotatable bonds is 7. The molecule has 2 aromatic carbocycles. The third-order valence-electron chi connectivity index (χ3n) is 4.68. The largest absolute Gasteiger partial charge is 0.483 e. The summed E-state index contributed by atoms with van der Waals surface area (Å²) in [4.78, 5) is 28.1. The smallest absolute Gasteiger partial charge is 0.271 e. The Morgan fingerprint density at radius 3 is 2.71 bits per heavy atom. The van der Waals surface area contributed by atoms with Crippen molar-refractivity contribution >= 4 is 39.6 Å². The molecule has 3 rings (SSSR count). The summed E-state index contributed by atoms with van der Waals surface area (Å²) < 4.78 is 11.6. The number of carbonyl (C=O) groups excluding carboxylic acids is 2. The fourth-order valence-electron chi connectivity index (χ4n) is 2.91. The molecule has 0 atom stereocenters. The number of halogens is 1. The molecule has 31 heavy (non-hydrogen) atoms. The van der Waals surface area contributed by atoms with Crippen LogP contribution in [-0.2, 0) is 9.53 Å². The van der Waals surface area contributed by atoms with Crippen LogP contribution >= 0.6 is 15.9 Å². The maximum Gasteiger partial charge on any atom is 0.271 e. The summed E-state index contributed by atoms with van der Waals surface area (Å²) in [5.41, 5.74) is 4.75. The highest BCUT2D eigenvalue weighted by atomic mass is 79.9. The number of nitrogens with zero attached hydrogens (tertiary/aromatic N) is 3. The molecular weight excluding hydrogens is 464 g/mol. The second kappa shape index (κ2) is 10.9. The number of hydrazone groups is 1. The predicted octanol–water partition coefficient (Wildman–Crippen LogP) is 2.52. The van der Waals surface area contributed by atoms with Crippen LogP contribution in [0.1, 0.15) is 15.9 Å². The highest BCUT2D eigenvalue weighted by Gasteiger charge is 2.17. The van der Waals surface area contributed by atoms with E-state index >= 15 is 0 Å². The van der Waals surface area contributed by atoms with Gasteiger partial charge in [0.05, 0.1) is 23.9 Å². The molecule has 8 nitrogen and oxygen atoms in total. The van der Waals surface area contributed by atoms with Crippen LogP contribution in [0.15, 0.2) is 52.0 Å². The van der Waals surface area contributed by atoms with Gasteiger partial charge >= 0.3 is 0 Å². The van der Waals surface area contributed by atoms with Gasteiger partial charge in [-0.15, -0.1) is 0 Å². The summed E-state index contributed by atoms with van der Waals surface area (Å²) in [6.45, 7) is 2.25. The van der Waals surface area contributed by atoms with Crippen LogP contribution in [0, 0.1) is 0 Å². The van der Waals surface area contributed by atoms with Crippen molar-refractivity contribution in [2.24, 2.45) is 5.10 Å². The van der Waals surface area contributed by atoms with E-state index in [1.165, 1.54) is 0 Å². The van der Waals surface area contributed by atoms with E-state index < -0.39 is 0 Å². The van der Waals surface area contributed by atoms with Gasteiger partial charge in [0.15, 0.2) is 6.61 Å². The Kier molecular flexibility index (Phi) is 8.02. The first-order valence-electron chi connectivity index (χ1n) is 9.82. The Balaban J connectivity index is 1.53. The molecule has 1 fully saturated rings. The summed E-state index contributed by atoms with van der Waals surface area (Å²) in [5.74, 6) is 0.200. The Hall–Kier alpha value is -2.91. The van der Waals surface area contributed by atoms with Crippen molar-refractivity contribution in [1.82, 2.24) is 10.3 Å². The van der Waals surface area contributed by atoms with Crippen LogP contribution in [0.2, 0.25) is 0 Å². The normalized spacial score (nSPS) is 13.8. The van der Waals surface area contributed by atoms with Crippen LogP contribution in [0.4, 0.5) is 5.69 Å². The van der Waals surface area contributed by atoms with Crippen molar-refractivity contribution in [3.8, 4) is 5.75 Å². The number of hydrogen-bond acceptors (Lipinski definition) is 6. The lowest BCUT2D eigenvalue weighted by Crippen LogP contribution is -2.43. The van der Waals surface area contributed by atoms with Crippen LogP contribution in [0.25, 0.3) is 0 Å². The summed E-state index contributed by atoms with van der Waals surface area (Å²) in [6, 6.07) is 12.6. The van der Waals surface area contributed by atoms with E-state index in [-0.39, 0.29) is 18.4 Å². The Labute approximate surface area is 189 Å². The van der Waals surface area contributed by atoms with Gasteiger partial charge in [-0.05, 0) is 57.9 Å². The summed E-state index contributed by atoms with van der Waals surface area (Å²) in [6.07, 6.45) is 1.54. The average molecular weight is 489 g/mol. The van der Waals surface area contributed by atoms with Crippen LogP contribution in [-0.4, -0.2) is 69.9 Å². The van der Waals surface area contributed by atoms with Gasteiger partial charge in [-0.1, -0.05) is 6.07 Å². The van der Waals surface area contributed by atoms with E-state index in [4.69, 9.17) is 9.47 Å². The quantitative estimate of drug-likeness (QED) is 0.478. The number of hydrogen-bond donors (Lipinski definition) is 1. The van der Waals surface area contributed by atoms with Crippen molar-refractivity contribution in [3.05, 3.63) is 58.1 Å². The number of nitrogens with one attached hydrogen (secondary N) is 1. The molecule has 2 aromatic rings. The number of benzene rings is 2. The van der Waals surface area contributed by atoms with Crippen molar-refractivity contribution in [2.45, 2.75) is 0 Å². The maximum absolute atomic E-state index is 12.3. The summed E-state index contributed by atoms with van der Waals surface area (Å²) in [5, 5.41) is 4.03. The number of ether oxygens (including phenoxy) is 2. The summed E-state index contributed by atoms with van der Waals surface area (Å²) >= 11 is 3.45. The molecule has 0 bridgehead atoms. The lowest BCUT2D eigenvalue weighted by molar-refractivity contribution is -0.137. The van der Waals surface area contributed by atoms with E-state index in [0.29, 0.717) is 42.1 Å². The third-order valence-corrected chi connectivity index (χ3v) is 5.30. The first kappa shape index (κ1) is 22.8. The van der Waals surface area contributed by atoms with Crippen molar-refractivity contribution in [2.75, 3.05) is 51.9 Å². The lowest BCUT2D eigenvalue weighted by atomic mass is 10.2. The second-order valence-corrected chi connectivity index (χ2v) is 7.97. The molecule has 1 aliphatic heterocycles. The van der Waals surface area contributed by atoms with Gasteiger partial charge in [-0.2, -0.15) is 5.10 Å². The van der Waals surface area contributed by atoms with Crippen molar-refractivity contribution < 1.29 is 19.1 Å². The Morgan fingerprint density at radius 1 is 1.23 bits per heavy atom. The highest BCUT2D eigenvalue weighted by molar-refractivity contribution is 9.10. The first-order chi connectivity index (χ1) is 14.9. The van der Waals surface area contributed by atoms with Crippen LogP contribution in [0.3, 0.4) is 0 Å². The van der Waals surface area contributed by atoms with Gasteiger partial charge in [-0.3, -0.25) is 9.59 Å². The SMILES string of the molecule is CN(C)c1cccc(C(=O)N/N=C\c2ccc(OCC(=O)N3CCOCC3)c(Br)c2)c1. The maximum atomic E-state index is 12.3. The van der Waals surface area contributed by atoms with E-state index in [1.807, 2.05) is 31.1 Å². The molecule has 2 amide bonds. The molecule has 0 radical (unpaired) electrons. The number of morpholine rings is 1. The topological polar surface area (TPSA) is 83.5 Å². The fraction of sp³-hybridized carbons (Fsp3) is 0.318. The molecule has 0 aromatic heterocycles. The third kappa shape index (κ3) is 6.53. The minimum Gasteiger partial charge on any atom is -0.483 e. The number of carbonyl (C=O) groups is 2. The second-order valence-electron chi connectivity index (χ2n) is 7.12. The van der Waals surface area contributed by atoms with Crippen LogP contribution in [0.5, 0.6) is 5.75 Å². The Morgan fingerprint density at radius 2 is 2.00 bits per heavy atom. The van der Waals surface area contributed by atoms with E-state index in [1.54, 1.807) is 41.4 Å². The average Bonchev–Trinajstić information content (AvgIpc) is 2.79. The zero-order valence-corrected chi connectivity index (χ0v) is 19.1. The van der Waals surface area contributed by atoms with Gasteiger partial charge in [0.1, 0.15) is 5.75 Å². The minimum atomic E-state index is -0.291. The van der Waals surface area contributed by atoms with Gasteiger partial charge in [0.25, 0.3) is 11.8 Å². The molecule has 0 saturated carbocycles. The molecule has 1 saturated heterocycles. The predicted molar refractivity (Wildman–Crippen MR) is 123 cm³/mol. The number of amides is 2. The fourth-order valence-corrected chi connectivity index (χ4v) is 3.42. The molecule has 0 unspecified atom stereocenters. The lowest BCUT2D eigenvalue weighted by Gasteiger charge is -2.26. The van der Waals surface area contributed by atoms with Gasteiger partial charge in [-0.25, -0.2) is 5.43 Å². The molecule has 164 valence electrons. The first-order valence-corrected chi connectivity index (χ1v) is 10.6. The van der Waals surface area contributed by atoms with E-state index in [9.17, 15) is 9.59 Å². The zero-order valence-electron chi connectivity index (χ0n) is 17.5. The molecule has 1 N–H and O–H groups in total. The highest BCUT2D eigenvalue weighted by Crippen LogP contribution is 2.25. The molecule has 9 heteroatoms. The van der Waals surface area contributed by atoms with E-state index in [2.05, 4.69) is 26.5 Å². The Bertz CT molecular complexity index is 958. The monoisotopic (exact) mass is 488 g/mol. The number of anilines is 1. The zero-order chi connectivity index (χ0) is 22.2. The standard InChI is InChI=1S/C22H25BrN4O4/c1-26(2)18-5-3-4-17(13-18)22(29)25-24-14-16-6-7-20(19(23)12-16)31-15-21(28)27-8-10-30-11-9-27/h3-7,12-14H,8-11,15H2,1-2H3,(H,25,29)/b24-14-. The van der Waals surface area contributed by atoms with E-state index in [0.717, 1.165) is 11.3 Å². The summed E-state index contributed by atoms with van der Waals surface area (Å²) in [7, 11) is 3.83. The van der Waals surface area contributed by atoms with Crippen molar-refractivity contribution in [3.63, 3.8) is 0 Å². The van der Waals surface area contributed by atoms with Gasteiger partial charge in [0, 0.05) is 38.4 Å². The van der Waals surface area contributed by atoms with Gasteiger partial charge in [0.2, 0.25) is 0 Å². The minimum absolute atomic E-state index is 0.0336. The van der Waals surface area contributed by atoms with Crippen LogP contribution < -0.4 is 15.1 Å².